The van der Waals surface area contributed by atoms with E-state index in [0.29, 0.717) is 13.0 Å². The number of rotatable bonds is 4. The van der Waals surface area contributed by atoms with E-state index in [0.717, 1.165) is 6.42 Å². The Morgan fingerprint density at radius 1 is 1.60 bits per heavy atom. The maximum absolute atomic E-state index is 11.7. The van der Waals surface area contributed by atoms with Gasteiger partial charge in [-0.25, -0.2) is 0 Å². The first-order chi connectivity index (χ1) is 7.18. The normalized spacial score (nSPS) is 27.6. The van der Waals surface area contributed by atoms with Crippen LogP contribution in [0.4, 0.5) is 0 Å². The number of primary amides is 1. The molecule has 0 radical (unpaired) electrons. The van der Waals surface area contributed by atoms with Crippen molar-refractivity contribution in [3.05, 3.63) is 0 Å². The number of hydrogen-bond acceptors (Lipinski definition) is 3. The Bertz CT molecular complexity index is 312. The molecule has 0 bridgehead atoms. The molecule has 1 unspecified atom stereocenters. The molecule has 2 atom stereocenters. The van der Waals surface area contributed by atoms with E-state index in [1.165, 1.54) is 0 Å². The predicted molar refractivity (Wildman–Crippen MR) is 57.5 cm³/mol. The molecule has 2 heterocycles. The van der Waals surface area contributed by atoms with Crippen molar-refractivity contribution in [1.29, 1.82) is 0 Å². The molecule has 6 heteroatoms. The molecule has 2 amide bonds. The topological polar surface area (TPSA) is 75.4 Å². The molecule has 2 aliphatic rings. The number of nitrogens with two attached hydrogens (primary N) is 1. The molecule has 0 aliphatic carbocycles. The van der Waals surface area contributed by atoms with Gasteiger partial charge in [-0.3, -0.25) is 0 Å². The Balaban J connectivity index is 1.84. The summed E-state index contributed by atoms with van der Waals surface area (Å²) in [6.45, 7) is 2.90. The van der Waals surface area contributed by atoms with Gasteiger partial charge in [0.05, 0.1) is 0 Å². The molecule has 5 nitrogen and oxygen atoms in total. The number of likely N-dealkylation sites (tertiary alicyclic amines) is 1. The molecule has 0 aromatic rings. The number of carbonyl (C=O) groups excluding carboxylic acids is 2. The van der Waals surface area contributed by atoms with Gasteiger partial charge in [-0.1, -0.05) is 0 Å². The van der Waals surface area contributed by atoms with E-state index in [1.54, 1.807) is 4.90 Å². The summed E-state index contributed by atoms with van der Waals surface area (Å²) in [7, 11) is 0. The van der Waals surface area contributed by atoms with Crippen molar-refractivity contribution in [3.8, 4) is 0 Å². The molecular formula is C9H14BN3O2. The van der Waals surface area contributed by atoms with Gasteiger partial charge in [-0.05, 0) is 0 Å². The van der Waals surface area contributed by atoms with Crippen LogP contribution in [-0.4, -0.2) is 54.7 Å². The van der Waals surface area contributed by atoms with Gasteiger partial charge in [0.15, 0.2) is 0 Å². The van der Waals surface area contributed by atoms with Crippen LogP contribution in [-0.2, 0) is 9.59 Å². The van der Waals surface area contributed by atoms with Crippen molar-refractivity contribution in [2.75, 3.05) is 13.1 Å². The first kappa shape index (κ1) is 10.4. The minimum atomic E-state index is -0.398. The summed E-state index contributed by atoms with van der Waals surface area (Å²) in [5, 5.41) is 3.04. The van der Waals surface area contributed by atoms with Crippen molar-refractivity contribution < 1.29 is 9.59 Å². The first-order valence-corrected chi connectivity index (χ1v) is 5.19. The zero-order chi connectivity index (χ0) is 10.8. The average molecular weight is 207 g/mol. The molecule has 80 valence electrons. The molecule has 2 aliphatic heterocycles. The quantitative estimate of drug-likeness (QED) is 0.518. The fourth-order valence-corrected chi connectivity index (χ4v) is 1.86. The van der Waals surface area contributed by atoms with Crippen LogP contribution < -0.4 is 11.1 Å². The maximum atomic E-state index is 11.7. The van der Waals surface area contributed by atoms with Crippen molar-refractivity contribution in [2.45, 2.75) is 24.8 Å². The zero-order valence-electron chi connectivity index (χ0n) is 8.48. The Morgan fingerprint density at radius 2 is 2.33 bits per heavy atom. The summed E-state index contributed by atoms with van der Waals surface area (Å²) in [6, 6.07) is -0.397. The number of carbonyl (C=O) groups is 2. The Hall–Kier alpha value is -1.17. The van der Waals surface area contributed by atoms with Crippen molar-refractivity contribution in [1.82, 2.24) is 10.2 Å². The van der Waals surface area contributed by atoms with E-state index in [4.69, 9.17) is 5.73 Å². The number of nitrogens with zero attached hydrogens (tertiary/aromatic N) is 1. The van der Waals surface area contributed by atoms with E-state index < -0.39 is 11.9 Å². The van der Waals surface area contributed by atoms with Crippen LogP contribution in [0, 0.1) is 0 Å². The molecule has 0 spiro atoms. The average Bonchev–Trinajstić information content (AvgIpc) is 2.88. The third-order valence-electron chi connectivity index (χ3n) is 2.78. The fourth-order valence-electron chi connectivity index (χ4n) is 1.86. The number of nitrogens with one attached hydrogen (secondary N) is 1. The van der Waals surface area contributed by atoms with Crippen molar-refractivity contribution >= 4 is 24.7 Å². The SMILES string of the molecule is NC(=O)[C@@H]1CCCN1C(=O)CNC1B=C1. The van der Waals surface area contributed by atoms with Gasteiger partial charge in [0.1, 0.15) is 0 Å². The zero-order valence-corrected chi connectivity index (χ0v) is 8.48. The second kappa shape index (κ2) is 4.14. The van der Waals surface area contributed by atoms with Gasteiger partial charge in [-0.15, -0.1) is 0 Å². The summed E-state index contributed by atoms with van der Waals surface area (Å²) < 4.78 is 0. The summed E-state index contributed by atoms with van der Waals surface area (Å²) in [5.74, 6) is 1.81. The second-order valence-electron chi connectivity index (χ2n) is 3.94. The molecule has 1 fully saturated rings. The minimum absolute atomic E-state index is 0.0370. The second-order valence-corrected chi connectivity index (χ2v) is 3.94. The van der Waals surface area contributed by atoms with E-state index in [-0.39, 0.29) is 18.4 Å². The Morgan fingerprint density at radius 3 is 2.93 bits per heavy atom. The van der Waals surface area contributed by atoms with Gasteiger partial charge < -0.3 is 0 Å². The van der Waals surface area contributed by atoms with Crippen LogP contribution >= 0.6 is 0 Å². The molecule has 2 rings (SSSR count). The van der Waals surface area contributed by atoms with Gasteiger partial charge >= 0.3 is 88.2 Å². The molecule has 1 saturated heterocycles. The van der Waals surface area contributed by atoms with Crippen molar-refractivity contribution in [3.63, 3.8) is 0 Å². The third-order valence-corrected chi connectivity index (χ3v) is 2.78. The molecule has 0 saturated carbocycles. The van der Waals surface area contributed by atoms with E-state index >= 15 is 0 Å². The summed E-state index contributed by atoms with van der Waals surface area (Å²) >= 11 is 0. The van der Waals surface area contributed by atoms with Gasteiger partial charge in [0.25, 0.3) is 0 Å². The summed E-state index contributed by atoms with van der Waals surface area (Å²) in [5.41, 5.74) is 5.23. The standard InChI is InChI=1S/C9H14BN3O2/c11-9(15)6-2-1-3-13(6)8(14)5-12-7-4-10-7/h4,6-7,12H,1-3,5H2,(H2,11,15)/t6-,7?/m0/s1. The fraction of sp³-hybridized carbons (Fsp3) is 0.667. The van der Waals surface area contributed by atoms with Crippen LogP contribution in [0.1, 0.15) is 12.8 Å². The summed E-state index contributed by atoms with van der Waals surface area (Å²) in [4.78, 5) is 24.4. The number of hydrogen-bond donors (Lipinski definition) is 2. The van der Waals surface area contributed by atoms with E-state index in [2.05, 4.69) is 5.32 Å². The van der Waals surface area contributed by atoms with Gasteiger partial charge in [-0.2, -0.15) is 0 Å². The Kier molecular flexibility index (Phi) is 2.86. The van der Waals surface area contributed by atoms with E-state index in [1.807, 2.05) is 12.9 Å². The molecule has 0 aromatic heterocycles. The molecule has 3 N–H and O–H groups in total. The first-order valence-electron chi connectivity index (χ1n) is 5.19. The van der Waals surface area contributed by atoms with Crippen LogP contribution in [0.3, 0.4) is 0 Å². The monoisotopic (exact) mass is 207 g/mol. The van der Waals surface area contributed by atoms with E-state index in [9.17, 15) is 9.59 Å². The van der Waals surface area contributed by atoms with Crippen LogP contribution in [0.5, 0.6) is 0 Å². The van der Waals surface area contributed by atoms with Crippen LogP contribution in [0.15, 0.2) is 0 Å². The Labute approximate surface area is 88.9 Å². The molecule has 0 aromatic carbocycles. The predicted octanol–water partition coefficient (Wildman–Crippen LogP) is -2.10. The summed E-state index contributed by atoms with van der Waals surface area (Å²) in [6.07, 6.45) is 1.56. The number of amides is 2. The van der Waals surface area contributed by atoms with Gasteiger partial charge in [0, 0.05) is 0 Å². The van der Waals surface area contributed by atoms with Gasteiger partial charge in [0.2, 0.25) is 0 Å². The van der Waals surface area contributed by atoms with Crippen LogP contribution in [0.25, 0.3) is 0 Å². The third kappa shape index (κ3) is 2.44. The molecule has 15 heavy (non-hydrogen) atoms. The van der Waals surface area contributed by atoms with Crippen molar-refractivity contribution in [2.24, 2.45) is 5.73 Å². The molecular weight excluding hydrogens is 193 g/mol. The van der Waals surface area contributed by atoms with Crippen LogP contribution in [0.2, 0.25) is 0 Å².